The number of amides is 2. The van der Waals surface area contributed by atoms with Gasteiger partial charge in [-0.05, 0) is 43.2 Å². The SMILES string of the molecule is CCCCCC(=O)Nc1cccc(NCC(=O)Nc2cccc(OCCCC)c2)c1. The molecule has 6 heteroatoms. The van der Waals surface area contributed by atoms with Crippen LogP contribution in [0.25, 0.3) is 0 Å². The molecule has 2 aromatic rings. The minimum Gasteiger partial charge on any atom is -0.494 e. The van der Waals surface area contributed by atoms with E-state index >= 15 is 0 Å². The van der Waals surface area contributed by atoms with Crippen molar-refractivity contribution in [3.8, 4) is 5.75 Å². The molecule has 0 aromatic heterocycles. The van der Waals surface area contributed by atoms with Crippen LogP contribution in [0.2, 0.25) is 0 Å². The van der Waals surface area contributed by atoms with Gasteiger partial charge >= 0.3 is 0 Å². The third kappa shape index (κ3) is 8.99. The Labute approximate surface area is 179 Å². The highest BCUT2D eigenvalue weighted by molar-refractivity contribution is 5.94. The maximum atomic E-state index is 12.3. The van der Waals surface area contributed by atoms with E-state index in [1.165, 1.54) is 0 Å². The Balaban J connectivity index is 1.80. The topological polar surface area (TPSA) is 79.5 Å². The van der Waals surface area contributed by atoms with Gasteiger partial charge in [0.2, 0.25) is 11.8 Å². The van der Waals surface area contributed by atoms with Crippen LogP contribution in [-0.4, -0.2) is 25.0 Å². The number of carbonyl (C=O) groups is 2. The predicted molar refractivity (Wildman–Crippen MR) is 123 cm³/mol. The maximum absolute atomic E-state index is 12.3. The van der Waals surface area contributed by atoms with Gasteiger partial charge in [-0.1, -0.05) is 45.2 Å². The van der Waals surface area contributed by atoms with E-state index in [1.807, 2.05) is 48.5 Å². The lowest BCUT2D eigenvalue weighted by atomic mass is 10.2. The Hall–Kier alpha value is -3.02. The molecule has 162 valence electrons. The summed E-state index contributed by atoms with van der Waals surface area (Å²) < 4.78 is 5.67. The summed E-state index contributed by atoms with van der Waals surface area (Å²) in [4.78, 5) is 24.3. The molecule has 3 N–H and O–H groups in total. The van der Waals surface area contributed by atoms with Gasteiger partial charge in [0.25, 0.3) is 0 Å². The smallest absolute Gasteiger partial charge is 0.243 e. The molecule has 0 atom stereocenters. The molecule has 0 aliphatic carbocycles. The molecule has 0 bridgehead atoms. The summed E-state index contributed by atoms with van der Waals surface area (Å²) in [6, 6.07) is 14.8. The molecule has 0 unspecified atom stereocenters. The van der Waals surface area contributed by atoms with E-state index in [2.05, 4.69) is 29.8 Å². The molecule has 0 aliphatic heterocycles. The zero-order valence-corrected chi connectivity index (χ0v) is 18.0. The molecule has 6 nitrogen and oxygen atoms in total. The van der Waals surface area contributed by atoms with Crippen LogP contribution in [0, 0.1) is 0 Å². The van der Waals surface area contributed by atoms with Gasteiger partial charge in [0.15, 0.2) is 0 Å². The second kappa shape index (κ2) is 13.2. The van der Waals surface area contributed by atoms with Crippen molar-refractivity contribution in [1.82, 2.24) is 0 Å². The van der Waals surface area contributed by atoms with Crippen LogP contribution in [0.3, 0.4) is 0 Å². The summed E-state index contributed by atoms with van der Waals surface area (Å²) in [6.45, 7) is 5.02. The third-order valence-electron chi connectivity index (χ3n) is 4.49. The number of hydrogen-bond donors (Lipinski definition) is 3. The van der Waals surface area contributed by atoms with E-state index in [0.29, 0.717) is 18.7 Å². The predicted octanol–water partition coefficient (Wildman–Crippen LogP) is 5.43. The first-order valence-corrected chi connectivity index (χ1v) is 10.8. The molecule has 0 radical (unpaired) electrons. The van der Waals surface area contributed by atoms with Crippen LogP contribution < -0.4 is 20.7 Å². The lowest BCUT2D eigenvalue weighted by molar-refractivity contribution is -0.116. The number of anilines is 3. The van der Waals surface area contributed by atoms with Crippen LogP contribution in [0.5, 0.6) is 5.75 Å². The highest BCUT2D eigenvalue weighted by Gasteiger charge is 2.06. The summed E-state index contributed by atoms with van der Waals surface area (Å²) in [5.41, 5.74) is 2.19. The quantitative estimate of drug-likeness (QED) is 0.384. The standard InChI is InChI=1S/C24H33N3O3/c1-3-5-7-14-23(28)26-20-11-8-10-19(16-20)25-18-24(29)27-21-12-9-13-22(17-21)30-15-6-4-2/h8-13,16-17,25H,3-7,14-15,18H2,1-2H3,(H,26,28)(H,27,29). The van der Waals surface area contributed by atoms with E-state index in [-0.39, 0.29) is 18.4 Å². The van der Waals surface area contributed by atoms with Crippen molar-refractivity contribution in [2.45, 2.75) is 52.4 Å². The second-order valence-electron chi connectivity index (χ2n) is 7.22. The summed E-state index contributed by atoms with van der Waals surface area (Å²) >= 11 is 0. The van der Waals surface area contributed by atoms with Crippen molar-refractivity contribution in [3.05, 3.63) is 48.5 Å². The highest BCUT2D eigenvalue weighted by Crippen LogP contribution is 2.18. The van der Waals surface area contributed by atoms with Gasteiger partial charge in [-0.3, -0.25) is 9.59 Å². The molecule has 2 rings (SSSR count). The normalized spacial score (nSPS) is 10.3. The van der Waals surface area contributed by atoms with Gasteiger partial charge in [-0.2, -0.15) is 0 Å². The zero-order chi connectivity index (χ0) is 21.6. The Kier molecular flexibility index (Phi) is 10.3. The van der Waals surface area contributed by atoms with Crippen molar-refractivity contribution < 1.29 is 14.3 Å². The molecular weight excluding hydrogens is 378 g/mol. The average Bonchev–Trinajstić information content (AvgIpc) is 2.73. The fourth-order valence-electron chi connectivity index (χ4n) is 2.85. The molecular formula is C24H33N3O3. The number of benzene rings is 2. The van der Waals surface area contributed by atoms with E-state index in [0.717, 1.165) is 49.2 Å². The summed E-state index contributed by atoms with van der Waals surface area (Å²) in [5.74, 6) is 0.602. The first kappa shape index (κ1) is 23.3. The number of unbranched alkanes of at least 4 members (excludes halogenated alkanes) is 3. The van der Waals surface area contributed by atoms with Gasteiger partial charge in [-0.25, -0.2) is 0 Å². The lowest BCUT2D eigenvalue weighted by Gasteiger charge is -2.11. The Morgan fingerprint density at radius 1 is 0.800 bits per heavy atom. The monoisotopic (exact) mass is 411 g/mol. The van der Waals surface area contributed by atoms with Crippen molar-refractivity contribution in [2.75, 3.05) is 29.1 Å². The average molecular weight is 412 g/mol. The summed E-state index contributed by atoms with van der Waals surface area (Å²) in [5, 5.41) is 8.86. The first-order chi connectivity index (χ1) is 14.6. The molecule has 0 spiro atoms. The van der Waals surface area contributed by atoms with Crippen molar-refractivity contribution >= 4 is 28.9 Å². The van der Waals surface area contributed by atoms with Crippen LogP contribution in [0.1, 0.15) is 52.4 Å². The number of hydrogen-bond acceptors (Lipinski definition) is 4. The van der Waals surface area contributed by atoms with Gasteiger partial charge < -0.3 is 20.7 Å². The van der Waals surface area contributed by atoms with E-state index in [4.69, 9.17) is 4.74 Å². The van der Waals surface area contributed by atoms with Gasteiger partial charge in [0.1, 0.15) is 5.75 Å². The Morgan fingerprint density at radius 2 is 1.47 bits per heavy atom. The summed E-state index contributed by atoms with van der Waals surface area (Å²) in [6.07, 6.45) is 5.63. The number of rotatable bonds is 13. The molecule has 2 aromatic carbocycles. The van der Waals surface area contributed by atoms with E-state index in [9.17, 15) is 9.59 Å². The lowest BCUT2D eigenvalue weighted by Crippen LogP contribution is -2.21. The molecule has 0 saturated carbocycles. The Morgan fingerprint density at radius 3 is 2.23 bits per heavy atom. The van der Waals surface area contributed by atoms with Crippen LogP contribution >= 0.6 is 0 Å². The van der Waals surface area contributed by atoms with Crippen molar-refractivity contribution in [1.29, 1.82) is 0 Å². The highest BCUT2D eigenvalue weighted by atomic mass is 16.5. The van der Waals surface area contributed by atoms with E-state index in [1.54, 1.807) is 0 Å². The van der Waals surface area contributed by atoms with Gasteiger partial charge in [-0.15, -0.1) is 0 Å². The number of carbonyl (C=O) groups excluding carboxylic acids is 2. The van der Waals surface area contributed by atoms with Gasteiger partial charge in [0, 0.05) is 29.5 Å². The molecule has 0 fully saturated rings. The molecule has 0 aliphatic rings. The minimum atomic E-state index is -0.158. The van der Waals surface area contributed by atoms with Gasteiger partial charge in [0.05, 0.1) is 13.2 Å². The van der Waals surface area contributed by atoms with Crippen LogP contribution in [-0.2, 0) is 9.59 Å². The largest absolute Gasteiger partial charge is 0.494 e. The first-order valence-electron chi connectivity index (χ1n) is 10.8. The number of nitrogens with one attached hydrogen (secondary N) is 3. The zero-order valence-electron chi connectivity index (χ0n) is 18.0. The second-order valence-corrected chi connectivity index (χ2v) is 7.22. The molecule has 0 saturated heterocycles. The fraction of sp³-hybridized carbons (Fsp3) is 0.417. The maximum Gasteiger partial charge on any atom is 0.243 e. The Bertz CT molecular complexity index is 808. The molecule has 2 amide bonds. The third-order valence-corrected chi connectivity index (χ3v) is 4.49. The number of ether oxygens (including phenoxy) is 1. The van der Waals surface area contributed by atoms with Crippen molar-refractivity contribution in [3.63, 3.8) is 0 Å². The molecule has 0 heterocycles. The van der Waals surface area contributed by atoms with Crippen LogP contribution in [0.15, 0.2) is 48.5 Å². The summed E-state index contributed by atoms with van der Waals surface area (Å²) in [7, 11) is 0. The molecule has 30 heavy (non-hydrogen) atoms. The minimum absolute atomic E-state index is 0.0133. The fourth-order valence-corrected chi connectivity index (χ4v) is 2.85. The van der Waals surface area contributed by atoms with Crippen molar-refractivity contribution in [2.24, 2.45) is 0 Å². The van der Waals surface area contributed by atoms with E-state index < -0.39 is 0 Å². The van der Waals surface area contributed by atoms with Crippen LogP contribution in [0.4, 0.5) is 17.1 Å².